The molecule has 1 aliphatic carbocycles. The molecule has 1 atom stereocenters. The fourth-order valence-electron chi connectivity index (χ4n) is 1.34. The van der Waals surface area contributed by atoms with Gasteiger partial charge >= 0.3 is 26.2 Å². The van der Waals surface area contributed by atoms with Crippen LogP contribution in [0.3, 0.4) is 0 Å². The molecule has 176 valence electrons. The van der Waals surface area contributed by atoms with Crippen LogP contribution < -0.4 is 15.3 Å². The number of carbonyl (C=O) groups is 3. The van der Waals surface area contributed by atoms with E-state index in [0.29, 0.717) is 5.92 Å². The van der Waals surface area contributed by atoms with Gasteiger partial charge < -0.3 is 29.7 Å². The maximum Gasteiger partial charge on any atom is 4.00 e. The second-order valence-electron chi connectivity index (χ2n) is 10.3. The van der Waals surface area contributed by atoms with E-state index in [1.165, 1.54) is 11.1 Å². The predicted molar refractivity (Wildman–Crippen MR) is 116 cm³/mol. The largest absolute Gasteiger partial charge is 4.00 e. The molecule has 2 rings (SSSR count). The number of fused-ring (bicyclic) bond motifs is 1. The number of benzene rings is 1. The van der Waals surface area contributed by atoms with Crippen molar-refractivity contribution in [2.45, 2.75) is 75.2 Å². The molecule has 0 heterocycles. The van der Waals surface area contributed by atoms with Crippen molar-refractivity contribution < 1.29 is 55.9 Å². The first kappa shape index (κ1) is 34.9. The molecule has 32 heavy (non-hydrogen) atoms. The maximum atomic E-state index is 9.91. The molecule has 7 heteroatoms. The van der Waals surface area contributed by atoms with Crippen LogP contribution in [0.15, 0.2) is 24.3 Å². The van der Waals surface area contributed by atoms with Gasteiger partial charge in [-0.1, -0.05) is 93.4 Å². The van der Waals surface area contributed by atoms with Crippen molar-refractivity contribution in [2.24, 2.45) is 16.2 Å². The first-order valence-corrected chi connectivity index (χ1v) is 10.0. The third-order valence-corrected chi connectivity index (χ3v) is 3.79. The van der Waals surface area contributed by atoms with Crippen LogP contribution in [0, 0.1) is 22.3 Å². The van der Waals surface area contributed by atoms with Crippen LogP contribution in [-0.4, -0.2) is 17.9 Å². The molecule has 0 aromatic heterocycles. The number of hydrogen-bond acceptors (Lipinski definition) is 6. The molecule has 0 amide bonds. The first-order chi connectivity index (χ1) is 13.7. The van der Waals surface area contributed by atoms with E-state index in [4.69, 9.17) is 0 Å². The van der Waals surface area contributed by atoms with Crippen molar-refractivity contribution in [3.8, 4) is 0 Å². The second-order valence-corrected chi connectivity index (χ2v) is 10.3. The molecule has 0 bridgehead atoms. The van der Waals surface area contributed by atoms with Crippen LogP contribution in [0.2, 0.25) is 0 Å². The van der Waals surface area contributed by atoms with Gasteiger partial charge in [-0.05, 0) is 0 Å². The van der Waals surface area contributed by atoms with E-state index in [1.807, 2.05) is 0 Å². The average Bonchev–Trinajstić information content (AvgIpc) is 2.95. The minimum absolute atomic E-state index is 0. The molecule has 1 unspecified atom stereocenters. The van der Waals surface area contributed by atoms with Crippen LogP contribution >= 0.6 is 0 Å². The summed E-state index contributed by atoms with van der Waals surface area (Å²) in [7, 11) is 0. The molecule has 0 saturated heterocycles. The molecule has 1 aliphatic rings. The smallest absolute Gasteiger partial charge is 0.550 e. The number of allylic oxidation sites excluding steroid dienone is 1. The minimum Gasteiger partial charge on any atom is -0.550 e. The Balaban J connectivity index is -0.000000354. The summed E-state index contributed by atoms with van der Waals surface area (Å²) in [5.41, 5.74) is 0.650. The van der Waals surface area contributed by atoms with E-state index in [-0.39, 0.29) is 26.2 Å². The monoisotopic (exact) mass is 522 g/mol. The quantitative estimate of drug-likeness (QED) is 0.480. The van der Waals surface area contributed by atoms with E-state index < -0.39 is 34.2 Å². The number of carboxylic acids is 3. The predicted octanol–water partition coefficient (Wildman–Crippen LogP) is 1.96. The molecule has 6 nitrogen and oxygen atoms in total. The van der Waals surface area contributed by atoms with Crippen molar-refractivity contribution in [3.05, 3.63) is 41.5 Å². The number of rotatable bonds is 0. The van der Waals surface area contributed by atoms with Crippen LogP contribution in [0.1, 0.15) is 86.3 Å². The number of carboxylic acid groups (broad SMARTS) is 3. The Kier molecular flexibility index (Phi) is 15.7. The Morgan fingerprint density at radius 2 is 1.00 bits per heavy atom. The number of aliphatic carboxylic acids is 3. The second kappa shape index (κ2) is 14.4. The zero-order valence-corrected chi connectivity index (χ0v) is 23.4. The van der Waals surface area contributed by atoms with Gasteiger partial charge in [0.05, 0.1) is 0 Å². The summed E-state index contributed by atoms with van der Waals surface area (Å²) in [6.07, 6.45) is 5.33. The third-order valence-electron chi connectivity index (χ3n) is 3.79. The number of hydrogen-bond donors (Lipinski definition) is 0. The van der Waals surface area contributed by atoms with E-state index in [9.17, 15) is 29.7 Å². The van der Waals surface area contributed by atoms with Gasteiger partial charge in [-0.25, -0.2) is 6.08 Å². The summed E-state index contributed by atoms with van der Waals surface area (Å²) < 4.78 is 0. The Morgan fingerprint density at radius 3 is 1.25 bits per heavy atom. The van der Waals surface area contributed by atoms with E-state index in [1.54, 1.807) is 62.3 Å². The molecular weight excluding hydrogens is 487 g/mol. The standard InChI is InChI=1S/C10H9.3C5H10O2.Zr/c1-8-6-7-9-4-2-3-5-10(8)9;3*1-5(2,3)4(6)7;/h2-5,7-8H,1H3;3*1-3H3,(H,6,7);/q-1;;;;+4/p-3. The van der Waals surface area contributed by atoms with Crippen molar-refractivity contribution in [2.75, 3.05) is 0 Å². The Morgan fingerprint density at radius 1 is 0.719 bits per heavy atom. The topological polar surface area (TPSA) is 120 Å². The summed E-state index contributed by atoms with van der Waals surface area (Å²) in [6.45, 7) is 16.6. The van der Waals surface area contributed by atoms with Crippen molar-refractivity contribution >= 4 is 24.0 Å². The van der Waals surface area contributed by atoms with Gasteiger partial charge in [0, 0.05) is 34.2 Å². The maximum absolute atomic E-state index is 9.91. The SMILES string of the molecule is CC(C)(C)C(=O)[O-].CC(C)(C)C(=O)[O-].CC(C)(C)C(=O)[O-].CC1[C-]=Cc2ccccc21.[Zr+4]. The van der Waals surface area contributed by atoms with Gasteiger partial charge in [-0.15, -0.1) is 11.6 Å². The summed E-state index contributed by atoms with van der Waals surface area (Å²) in [4.78, 5) is 29.7. The molecule has 0 saturated carbocycles. The van der Waals surface area contributed by atoms with Gasteiger partial charge in [0.2, 0.25) is 0 Å². The van der Waals surface area contributed by atoms with Gasteiger partial charge in [-0.3, -0.25) is 6.08 Å². The summed E-state index contributed by atoms with van der Waals surface area (Å²) in [6, 6.07) is 8.44. The van der Waals surface area contributed by atoms with Crippen molar-refractivity contribution in [1.82, 2.24) is 0 Å². The van der Waals surface area contributed by atoms with Gasteiger partial charge in [0.1, 0.15) is 0 Å². The number of carbonyl (C=O) groups excluding carboxylic acids is 3. The normalized spacial score (nSPS) is 14.0. The molecular formula is C25H36O6Zr. The Hall–Kier alpha value is -1.75. The van der Waals surface area contributed by atoms with Gasteiger partial charge in [0.25, 0.3) is 0 Å². The van der Waals surface area contributed by atoms with E-state index in [0.717, 1.165) is 0 Å². The summed E-state index contributed by atoms with van der Waals surface area (Å²) >= 11 is 0. The fourth-order valence-corrected chi connectivity index (χ4v) is 1.34. The molecule has 1 aromatic carbocycles. The first-order valence-electron chi connectivity index (χ1n) is 10.0. The summed E-state index contributed by atoms with van der Waals surface area (Å²) in [5, 5.41) is 29.7. The van der Waals surface area contributed by atoms with Crippen molar-refractivity contribution in [1.29, 1.82) is 0 Å². The average molecular weight is 524 g/mol. The van der Waals surface area contributed by atoms with Crippen molar-refractivity contribution in [3.63, 3.8) is 0 Å². The zero-order chi connectivity index (χ0) is 25.2. The minimum atomic E-state index is -1.01. The zero-order valence-electron chi connectivity index (χ0n) is 20.9. The van der Waals surface area contributed by atoms with Gasteiger partial charge in [0.15, 0.2) is 0 Å². The molecule has 1 aromatic rings. The summed E-state index contributed by atoms with van der Waals surface area (Å²) in [5.74, 6) is -2.52. The third kappa shape index (κ3) is 16.0. The van der Waals surface area contributed by atoms with E-state index >= 15 is 0 Å². The fraction of sp³-hybridized carbons (Fsp3) is 0.560. The molecule has 0 radical (unpaired) electrons. The van der Waals surface area contributed by atoms with Crippen LogP contribution in [0.5, 0.6) is 0 Å². The molecule has 0 aliphatic heterocycles. The van der Waals surface area contributed by atoms with Crippen LogP contribution in [0.25, 0.3) is 6.08 Å². The molecule has 0 N–H and O–H groups in total. The molecule has 0 spiro atoms. The van der Waals surface area contributed by atoms with Crippen LogP contribution in [0.4, 0.5) is 0 Å². The van der Waals surface area contributed by atoms with E-state index in [2.05, 4.69) is 43.3 Å². The molecule has 0 fully saturated rings. The van der Waals surface area contributed by atoms with Crippen LogP contribution in [-0.2, 0) is 40.6 Å². The van der Waals surface area contributed by atoms with Gasteiger partial charge in [-0.2, -0.15) is 5.56 Å². The Labute approximate surface area is 212 Å². The Bertz CT molecular complexity index is 705.